The van der Waals surface area contributed by atoms with Gasteiger partial charge in [-0.2, -0.15) is 0 Å². The SMILES string of the molecule is C[Si]1(C)c2ccccc2-c2nccc3oc4cccc1c4c23. The molecule has 0 bridgehead atoms. The molecule has 2 nitrogen and oxygen atoms in total. The van der Waals surface area contributed by atoms with Gasteiger partial charge in [0.1, 0.15) is 19.2 Å². The number of fused-ring (bicyclic) bond motifs is 2. The van der Waals surface area contributed by atoms with Crippen LogP contribution in [0.1, 0.15) is 0 Å². The highest BCUT2D eigenvalue weighted by Crippen LogP contribution is 2.37. The molecule has 0 N–H and O–H groups in total. The zero-order valence-electron chi connectivity index (χ0n) is 12.6. The van der Waals surface area contributed by atoms with E-state index in [0.717, 1.165) is 16.9 Å². The number of hydrogen-bond donors (Lipinski definition) is 0. The quantitative estimate of drug-likeness (QED) is 0.462. The fourth-order valence-electron chi connectivity index (χ4n) is 3.87. The van der Waals surface area contributed by atoms with Crippen molar-refractivity contribution in [2.24, 2.45) is 0 Å². The summed E-state index contributed by atoms with van der Waals surface area (Å²) in [5.41, 5.74) is 4.25. The van der Waals surface area contributed by atoms with E-state index >= 15 is 0 Å². The normalized spacial score (nSPS) is 15.2. The van der Waals surface area contributed by atoms with E-state index in [1.54, 1.807) is 0 Å². The van der Waals surface area contributed by atoms with Crippen LogP contribution in [0.3, 0.4) is 0 Å². The monoisotopic (exact) mass is 301 g/mol. The van der Waals surface area contributed by atoms with Gasteiger partial charge in [-0.05, 0) is 22.5 Å². The maximum absolute atomic E-state index is 6.10. The minimum absolute atomic E-state index is 0.939. The van der Waals surface area contributed by atoms with E-state index in [2.05, 4.69) is 55.6 Å². The second kappa shape index (κ2) is 3.87. The van der Waals surface area contributed by atoms with Crippen molar-refractivity contribution in [1.82, 2.24) is 4.98 Å². The van der Waals surface area contributed by atoms with Crippen LogP contribution in [0.15, 0.2) is 59.1 Å². The third-order valence-electron chi connectivity index (χ3n) is 4.94. The van der Waals surface area contributed by atoms with Gasteiger partial charge in [-0.15, -0.1) is 0 Å². The van der Waals surface area contributed by atoms with E-state index in [1.165, 1.54) is 26.7 Å². The summed E-state index contributed by atoms with van der Waals surface area (Å²) in [6.07, 6.45) is 1.86. The summed E-state index contributed by atoms with van der Waals surface area (Å²) >= 11 is 0. The minimum atomic E-state index is -1.80. The van der Waals surface area contributed by atoms with Gasteiger partial charge in [0, 0.05) is 17.1 Å². The van der Waals surface area contributed by atoms with Crippen molar-refractivity contribution in [3.8, 4) is 11.3 Å². The van der Waals surface area contributed by atoms with Gasteiger partial charge in [0.2, 0.25) is 0 Å². The molecule has 0 saturated heterocycles. The number of pyridine rings is 1. The van der Waals surface area contributed by atoms with E-state index in [-0.39, 0.29) is 0 Å². The molecule has 0 unspecified atom stereocenters. The lowest BCUT2D eigenvalue weighted by Crippen LogP contribution is -2.53. The first-order chi connectivity index (χ1) is 10.7. The fourth-order valence-corrected chi connectivity index (χ4v) is 6.93. The molecule has 2 aromatic carbocycles. The highest BCUT2D eigenvalue weighted by molar-refractivity contribution is 7.03. The van der Waals surface area contributed by atoms with Crippen LogP contribution < -0.4 is 10.4 Å². The standard InChI is InChI=1S/C19H15NOSi/c1-22(2)15-8-4-3-6-12(15)19-18-14(10-11-20-19)21-13-7-5-9-16(22)17(13)18/h3-11H,1-2H3. The Morgan fingerprint density at radius 2 is 1.59 bits per heavy atom. The Morgan fingerprint density at radius 1 is 0.818 bits per heavy atom. The van der Waals surface area contributed by atoms with Gasteiger partial charge in [-0.25, -0.2) is 0 Å². The Kier molecular flexibility index (Phi) is 2.14. The molecular formula is C19H15NOSi. The number of hydrogen-bond acceptors (Lipinski definition) is 2. The number of benzene rings is 2. The lowest BCUT2D eigenvalue weighted by molar-refractivity contribution is 0.668. The molecule has 0 spiro atoms. The fraction of sp³-hybridized carbons (Fsp3) is 0.105. The molecule has 0 fully saturated rings. The van der Waals surface area contributed by atoms with Crippen LogP contribution >= 0.6 is 0 Å². The summed E-state index contributed by atoms with van der Waals surface area (Å²) in [6.45, 7) is 4.84. The second-order valence-electron chi connectivity index (χ2n) is 6.48. The van der Waals surface area contributed by atoms with Crippen molar-refractivity contribution >= 4 is 40.4 Å². The van der Waals surface area contributed by atoms with Crippen molar-refractivity contribution in [3.63, 3.8) is 0 Å². The highest BCUT2D eigenvalue weighted by Gasteiger charge is 2.35. The molecule has 1 aliphatic heterocycles. The molecule has 4 aromatic rings. The highest BCUT2D eigenvalue weighted by atomic mass is 28.3. The molecule has 2 aromatic heterocycles. The summed E-state index contributed by atoms with van der Waals surface area (Å²) in [7, 11) is -1.80. The van der Waals surface area contributed by atoms with Crippen LogP contribution in [-0.2, 0) is 0 Å². The van der Waals surface area contributed by atoms with E-state index in [9.17, 15) is 0 Å². The summed E-state index contributed by atoms with van der Waals surface area (Å²) in [6, 6.07) is 17.2. The topological polar surface area (TPSA) is 26.0 Å². The van der Waals surface area contributed by atoms with E-state index < -0.39 is 8.07 Å². The van der Waals surface area contributed by atoms with Crippen molar-refractivity contribution in [2.45, 2.75) is 13.1 Å². The van der Waals surface area contributed by atoms with Crippen molar-refractivity contribution < 1.29 is 4.42 Å². The summed E-state index contributed by atoms with van der Waals surface area (Å²) < 4.78 is 6.10. The Hall–Kier alpha value is -2.39. The molecule has 106 valence electrons. The lowest BCUT2D eigenvalue weighted by Gasteiger charge is -2.25. The van der Waals surface area contributed by atoms with Gasteiger partial charge in [0.05, 0.1) is 11.1 Å². The molecule has 5 rings (SSSR count). The Labute approximate surface area is 129 Å². The van der Waals surface area contributed by atoms with Gasteiger partial charge in [-0.3, -0.25) is 4.98 Å². The van der Waals surface area contributed by atoms with Crippen LogP contribution in [0.25, 0.3) is 33.2 Å². The molecule has 0 atom stereocenters. The largest absolute Gasteiger partial charge is 0.456 e. The van der Waals surface area contributed by atoms with Crippen LogP contribution in [0.5, 0.6) is 0 Å². The van der Waals surface area contributed by atoms with E-state index in [1.807, 2.05) is 12.3 Å². The molecule has 3 heterocycles. The first-order valence-corrected chi connectivity index (χ1v) is 10.6. The average molecular weight is 301 g/mol. The van der Waals surface area contributed by atoms with Gasteiger partial charge in [0.25, 0.3) is 0 Å². The maximum Gasteiger partial charge on any atom is 0.139 e. The van der Waals surface area contributed by atoms with Crippen LogP contribution in [0.2, 0.25) is 13.1 Å². The minimum Gasteiger partial charge on any atom is -0.456 e. The van der Waals surface area contributed by atoms with Crippen LogP contribution in [0.4, 0.5) is 0 Å². The maximum atomic E-state index is 6.10. The van der Waals surface area contributed by atoms with Gasteiger partial charge >= 0.3 is 0 Å². The van der Waals surface area contributed by atoms with E-state index in [0.29, 0.717) is 0 Å². The predicted octanol–water partition coefficient (Wildman–Crippen LogP) is 3.78. The summed E-state index contributed by atoms with van der Waals surface area (Å²) in [4.78, 5) is 4.72. The molecule has 0 aliphatic carbocycles. The number of nitrogens with zero attached hydrogens (tertiary/aromatic N) is 1. The zero-order valence-corrected chi connectivity index (χ0v) is 13.6. The first-order valence-electron chi connectivity index (χ1n) is 7.58. The van der Waals surface area contributed by atoms with Gasteiger partial charge < -0.3 is 4.42 Å². The second-order valence-corrected chi connectivity index (χ2v) is 10.8. The van der Waals surface area contributed by atoms with Crippen LogP contribution in [-0.4, -0.2) is 13.1 Å². The van der Waals surface area contributed by atoms with Gasteiger partial charge in [-0.1, -0.05) is 49.5 Å². The average Bonchev–Trinajstić information content (AvgIpc) is 2.89. The Balaban J connectivity index is 2.15. The Morgan fingerprint density at radius 3 is 2.50 bits per heavy atom. The number of rotatable bonds is 0. The predicted molar refractivity (Wildman–Crippen MR) is 93.7 cm³/mol. The van der Waals surface area contributed by atoms with Crippen molar-refractivity contribution in [1.29, 1.82) is 0 Å². The molecule has 3 heteroatoms. The van der Waals surface area contributed by atoms with Crippen LogP contribution in [0, 0.1) is 0 Å². The smallest absolute Gasteiger partial charge is 0.139 e. The third-order valence-corrected chi connectivity index (χ3v) is 8.48. The van der Waals surface area contributed by atoms with Crippen molar-refractivity contribution in [3.05, 3.63) is 54.7 Å². The molecular weight excluding hydrogens is 286 g/mol. The number of aromatic nitrogens is 1. The van der Waals surface area contributed by atoms with Gasteiger partial charge in [0.15, 0.2) is 0 Å². The zero-order chi connectivity index (χ0) is 14.9. The lowest BCUT2D eigenvalue weighted by atomic mass is 10.1. The molecule has 0 radical (unpaired) electrons. The summed E-state index contributed by atoms with van der Waals surface area (Å²) in [5.74, 6) is 0. The molecule has 22 heavy (non-hydrogen) atoms. The Bertz CT molecular complexity index is 1060. The first kappa shape index (κ1) is 12.2. The number of furan rings is 1. The molecule has 1 aliphatic rings. The van der Waals surface area contributed by atoms with E-state index in [4.69, 9.17) is 9.40 Å². The third kappa shape index (κ3) is 1.32. The van der Waals surface area contributed by atoms with Crippen molar-refractivity contribution in [2.75, 3.05) is 0 Å². The molecule has 0 saturated carbocycles. The molecule has 0 amide bonds. The summed E-state index contributed by atoms with van der Waals surface area (Å²) in [5, 5.41) is 5.36.